The Labute approximate surface area is 167 Å². The summed E-state index contributed by atoms with van der Waals surface area (Å²) in [6, 6.07) is 11.4. The number of sulfonamides is 1. The lowest BCUT2D eigenvalue weighted by molar-refractivity contribution is 0.0734. The summed E-state index contributed by atoms with van der Waals surface area (Å²) in [5.41, 5.74) is 2.48. The van der Waals surface area contributed by atoms with E-state index in [1.807, 2.05) is 26.0 Å². The Bertz CT molecular complexity index is 957. The summed E-state index contributed by atoms with van der Waals surface area (Å²) in [6.07, 6.45) is 1.04. The molecule has 1 aliphatic heterocycles. The second-order valence-electron chi connectivity index (χ2n) is 7.93. The van der Waals surface area contributed by atoms with Gasteiger partial charge in [0.05, 0.1) is 10.5 Å². The number of rotatable bonds is 4. The largest absolute Gasteiger partial charge is 0.423 e. The van der Waals surface area contributed by atoms with Gasteiger partial charge in [0.15, 0.2) is 0 Å². The maximum Gasteiger partial charge on any atom is 0.343 e. The van der Waals surface area contributed by atoms with Gasteiger partial charge in [0.2, 0.25) is 10.0 Å². The average molecular weight is 402 g/mol. The molecule has 0 bridgehead atoms. The van der Waals surface area contributed by atoms with E-state index in [1.165, 1.54) is 24.3 Å². The van der Waals surface area contributed by atoms with E-state index < -0.39 is 16.0 Å². The van der Waals surface area contributed by atoms with E-state index in [-0.39, 0.29) is 4.90 Å². The van der Waals surface area contributed by atoms with Crippen LogP contribution < -0.4 is 4.74 Å². The Morgan fingerprint density at radius 1 is 0.964 bits per heavy atom. The van der Waals surface area contributed by atoms with Crippen molar-refractivity contribution in [3.63, 3.8) is 0 Å². The summed E-state index contributed by atoms with van der Waals surface area (Å²) < 4.78 is 32.8. The number of carbonyl (C=O) groups is 1. The van der Waals surface area contributed by atoms with Gasteiger partial charge < -0.3 is 4.74 Å². The van der Waals surface area contributed by atoms with Gasteiger partial charge >= 0.3 is 5.97 Å². The zero-order valence-corrected chi connectivity index (χ0v) is 17.6. The molecule has 0 aromatic heterocycles. The molecule has 28 heavy (non-hydrogen) atoms. The van der Waals surface area contributed by atoms with Crippen molar-refractivity contribution in [1.29, 1.82) is 0 Å². The third-order valence-electron chi connectivity index (χ3n) is 5.25. The quantitative estimate of drug-likeness (QED) is 0.569. The first-order chi connectivity index (χ1) is 13.2. The summed E-state index contributed by atoms with van der Waals surface area (Å²) in [4.78, 5) is 12.6. The van der Waals surface area contributed by atoms with Gasteiger partial charge in [-0.1, -0.05) is 19.9 Å². The Hall–Kier alpha value is -2.18. The van der Waals surface area contributed by atoms with E-state index in [1.54, 1.807) is 10.4 Å². The molecule has 0 N–H and O–H groups in total. The molecule has 1 aliphatic rings. The zero-order chi connectivity index (χ0) is 20.5. The molecule has 2 aromatic carbocycles. The molecule has 0 spiro atoms. The fourth-order valence-electron chi connectivity index (χ4n) is 3.66. The molecule has 0 amide bonds. The number of hydrogen-bond donors (Lipinski definition) is 0. The average Bonchev–Trinajstić information content (AvgIpc) is 2.64. The molecule has 2 atom stereocenters. The lowest BCUT2D eigenvalue weighted by Gasteiger charge is -2.34. The molecule has 2 aromatic rings. The highest BCUT2D eigenvalue weighted by atomic mass is 32.2. The molecule has 0 radical (unpaired) electrons. The molecule has 0 unspecified atom stereocenters. The third kappa shape index (κ3) is 4.45. The maximum atomic E-state index is 12.9. The van der Waals surface area contributed by atoms with Gasteiger partial charge in [0, 0.05) is 13.1 Å². The van der Waals surface area contributed by atoms with E-state index in [4.69, 9.17) is 4.74 Å². The predicted octanol–water partition coefficient (Wildman–Crippen LogP) is 4.19. The van der Waals surface area contributed by atoms with Crippen molar-refractivity contribution < 1.29 is 17.9 Å². The minimum atomic E-state index is -3.56. The van der Waals surface area contributed by atoms with Crippen LogP contribution >= 0.6 is 0 Å². The molecule has 0 saturated carbocycles. The number of aryl methyl sites for hydroxylation is 2. The summed E-state index contributed by atoms with van der Waals surface area (Å²) in [5, 5.41) is 0. The van der Waals surface area contributed by atoms with Crippen LogP contribution in [-0.4, -0.2) is 31.8 Å². The van der Waals surface area contributed by atoms with Gasteiger partial charge in [-0.2, -0.15) is 4.31 Å². The molecule has 6 heteroatoms. The minimum Gasteiger partial charge on any atom is -0.423 e. The number of carbonyl (C=O) groups excluding carboxylic acids is 1. The number of benzene rings is 2. The molecular weight excluding hydrogens is 374 g/mol. The van der Waals surface area contributed by atoms with E-state index in [0.717, 1.165) is 17.5 Å². The summed E-state index contributed by atoms with van der Waals surface area (Å²) in [7, 11) is -3.56. The summed E-state index contributed by atoms with van der Waals surface area (Å²) >= 11 is 0. The monoisotopic (exact) mass is 401 g/mol. The number of ether oxygens (including phenoxy) is 1. The van der Waals surface area contributed by atoms with Crippen molar-refractivity contribution in [2.24, 2.45) is 11.8 Å². The zero-order valence-electron chi connectivity index (χ0n) is 16.8. The van der Waals surface area contributed by atoms with Crippen LogP contribution in [0.2, 0.25) is 0 Å². The molecular formula is C22H27NO4S. The van der Waals surface area contributed by atoms with E-state index in [0.29, 0.717) is 36.2 Å². The Morgan fingerprint density at radius 2 is 1.57 bits per heavy atom. The van der Waals surface area contributed by atoms with Gasteiger partial charge in [-0.3, -0.25) is 0 Å². The second kappa shape index (κ2) is 8.05. The standard InChI is InChI=1S/C22H27NO4S/c1-15-11-16(2)14-23(13-15)28(25,26)21-9-6-19(7-10-21)22(24)27-20-8-5-17(3)18(4)12-20/h5-10,12,15-16H,11,13-14H2,1-4H3/t15-,16+. The van der Waals surface area contributed by atoms with Crippen molar-refractivity contribution in [2.45, 2.75) is 39.0 Å². The van der Waals surface area contributed by atoms with Crippen molar-refractivity contribution in [2.75, 3.05) is 13.1 Å². The van der Waals surface area contributed by atoms with Crippen LogP contribution in [0, 0.1) is 25.7 Å². The fraction of sp³-hybridized carbons (Fsp3) is 0.409. The van der Waals surface area contributed by atoms with Crippen molar-refractivity contribution in [3.05, 3.63) is 59.2 Å². The van der Waals surface area contributed by atoms with Gasteiger partial charge in [0.25, 0.3) is 0 Å². The van der Waals surface area contributed by atoms with Crippen LogP contribution in [0.15, 0.2) is 47.4 Å². The van der Waals surface area contributed by atoms with E-state index in [9.17, 15) is 13.2 Å². The topological polar surface area (TPSA) is 63.7 Å². The highest BCUT2D eigenvalue weighted by Gasteiger charge is 2.31. The Kier molecular flexibility index (Phi) is 5.91. The molecule has 1 saturated heterocycles. The first-order valence-electron chi connectivity index (χ1n) is 9.56. The molecule has 150 valence electrons. The maximum absolute atomic E-state index is 12.9. The SMILES string of the molecule is Cc1ccc(OC(=O)c2ccc(S(=O)(=O)N3C[C@H](C)C[C@H](C)C3)cc2)cc1C. The Morgan fingerprint density at radius 3 is 2.14 bits per heavy atom. The van der Waals surface area contributed by atoms with Gasteiger partial charge in [-0.25, -0.2) is 13.2 Å². The molecule has 3 rings (SSSR count). The number of nitrogens with zero attached hydrogens (tertiary/aromatic N) is 1. The number of piperidine rings is 1. The Balaban J connectivity index is 1.75. The molecule has 0 aliphatic carbocycles. The molecule has 1 heterocycles. The second-order valence-corrected chi connectivity index (χ2v) is 9.87. The third-order valence-corrected chi connectivity index (χ3v) is 7.10. The lowest BCUT2D eigenvalue weighted by Crippen LogP contribution is -2.42. The number of hydrogen-bond acceptors (Lipinski definition) is 4. The molecule has 5 nitrogen and oxygen atoms in total. The first kappa shape index (κ1) is 20.6. The van der Waals surface area contributed by atoms with Gasteiger partial charge in [-0.05, 0) is 79.6 Å². The van der Waals surface area contributed by atoms with E-state index in [2.05, 4.69) is 13.8 Å². The van der Waals surface area contributed by atoms with Crippen molar-refractivity contribution in [3.8, 4) is 5.75 Å². The van der Waals surface area contributed by atoms with Crippen molar-refractivity contribution in [1.82, 2.24) is 4.31 Å². The predicted molar refractivity (Wildman–Crippen MR) is 109 cm³/mol. The number of esters is 1. The van der Waals surface area contributed by atoms with Crippen LogP contribution in [-0.2, 0) is 10.0 Å². The van der Waals surface area contributed by atoms with Crippen molar-refractivity contribution >= 4 is 16.0 Å². The van der Waals surface area contributed by atoms with E-state index >= 15 is 0 Å². The van der Waals surface area contributed by atoms with Gasteiger partial charge in [0.1, 0.15) is 5.75 Å². The highest BCUT2D eigenvalue weighted by molar-refractivity contribution is 7.89. The normalized spacial score (nSPS) is 20.7. The smallest absolute Gasteiger partial charge is 0.343 e. The van der Waals surface area contributed by atoms with Crippen LogP contribution in [0.4, 0.5) is 0 Å². The fourth-order valence-corrected chi connectivity index (χ4v) is 5.34. The van der Waals surface area contributed by atoms with Crippen LogP contribution in [0.1, 0.15) is 41.8 Å². The van der Waals surface area contributed by atoms with Gasteiger partial charge in [-0.15, -0.1) is 0 Å². The summed E-state index contributed by atoms with van der Waals surface area (Å²) in [6.45, 7) is 9.15. The first-order valence-corrected chi connectivity index (χ1v) is 11.0. The van der Waals surface area contributed by atoms with Crippen LogP contribution in [0.25, 0.3) is 0 Å². The van der Waals surface area contributed by atoms with Crippen LogP contribution in [0.5, 0.6) is 5.75 Å². The minimum absolute atomic E-state index is 0.205. The van der Waals surface area contributed by atoms with Crippen LogP contribution in [0.3, 0.4) is 0 Å². The molecule has 1 fully saturated rings. The summed E-state index contributed by atoms with van der Waals surface area (Å²) in [5.74, 6) is 0.644. The lowest BCUT2D eigenvalue weighted by atomic mass is 9.94. The highest BCUT2D eigenvalue weighted by Crippen LogP contribution is 2.27.